The van der Waals surface area contributed by atoms with Gasteiger partial charge in [-0.2, -0.15) is 0 Å². The van der Waals surface area contributed by atoms with Gasteiger partial charge in [0.1, 0.15) is 0 Å². The third kappa shape index (κ3) is 6.15. The number of aromatic nitrogens is 1. The van der Waals surface area contributed by atoms with Crippen LogP contribution in [0.25, 0.3) is 10.9 Å². The Balaban J connectivity index is 0.00000242. The lowest BCUT2D eigenvalue weighted by molar-refractivity contribution is 0.601. The second-order valence-electron chi connectivity index (χ2n) is 5.65. The number of aromatic amines is 1. The summed E-state index contributed by atoms with van der Waals surface area (Å²) in [6.07, 6.45) is 2.30. The van der Waals surface area contributed by atoms with Crippen LogP contribution in [-0.2, 0) is 6.54 Å². The van der Waals surface area contributed by atoms with Crippen LogP contribution in [0.15, 0.2) is 23.0 Å². The van der Waals surface area contributed by atoms with Gasteiger partial charge < -0.3 is 15.6 Å². The molecule has 23 heavy (non-hydrogen) atoms. The average Bonchev–Trinajstić information content (AvgIpc) is 2.44. The number of unbranched alkanes of at least 4 members (excludes halogenated alkanes) is 1. The van der Waals surface area contributed by atoms with E-state index in [4.69, 9.17) is 0 Å². The molecule has 0 saturated heterocycles. The standard InChI is InChI=1S/C17H25N3O.2ClH/c1-12-8-13(2)17-15(9-12)16(21)10-14(20-17)11-19-7-5-4-6-18-3;;/h8-10,18-19H,4-7,11H2,1-3H3,(H,20,21);2*1H. The average molecular weight is 360 g/mol. The normalized spacial score (nSPS) is 10.2. The number of benzene rings is 1. The summed E-state index contributed by atoms with van der Waals surface area (Å²) in [4.78, 5) is 15.6. The molecule has 2 rings (SSSR count). The lowest BCUT2D eigenvalue weighted by Gasteiger charge is -2.09. The Morgan fingerprint density at radius 3 is 2.43 bits per heavy atom. The molecule has 0 radical (unpaired) electrons. The van der Waals surface area contributed by atoms with Crippen LogP contribution < -0.4 is 16.1 Å². The van der Waals surface area contributed by atoms with E-state index in [1.807, 2.05) is 27.0 Å². The summed E-state index contributed by atoms with van der Waals surface area (Å²) < 4.78 is 0. The highest BCUT2D eigenvalue weighted by Gasteiger charge is 2.05. The predicted octanol–water partition coefficient (Wildman–Crippen LogP) is 3.08. The Kier molecular flexibility index (Phi) is 10.2. The molecule has 6 heteroatoms. The van der Waals surface area contributed by atoms with Crippen LogP contribution in [0.3, 0.4) is 0 Å². The predicted molar refractivity (Wildman–Crippen MR) is 103 cm³/mol. The van der Waals surface area contributed by atoms with Gasteiger partial charge in [0, 0.05) is 23.7 Å². The largest absolute Gasteiger partial charge is 0.357 e. The van der Waals surface area contributed by atoms with Gasteiger partial charge in [-0.3, -0.25) is 4.79 Å². The first-order valence-corrected chi connectivity index (χ1v) is 7.60. The zero-order valence-corrected chi connectivity index (χ0v) is 15.6. The van der Waals surface area contributed by atoms with Crippen LogP contribution in [0.4, 0.5) is 0 Å². The maximum absolute atomic E-state index is 12.2. The maximum Gasteiger partial charge on any atom is 0.189 e. The molecule has 0 aliphatic heterocycles. The number of H-pyrrole nitrogens is 1. The van der Waals surface area contributed by atoms with E-state index in [0.717, 1.165) is 53.7 Å². The Morgan fingerprint density at radius 1 is 1.04 bits per heavy atom. The van der Waals surface area contributed by atoms with E-state index in [2.05, 4.69) is 21.7 Å². The topological polar surface area (TPSA) is 56.9 Å². The van der Waals surface area contributed by atoms with Crippen molar-refractivity contribution >= 4 is 35.7 Å². The zero-order chi connectivity index (χ0) is 15.2. The van der Waals surface area contributed by atoms with Crippen LogP contribution in [0.1, 0.15) is 29.7 Å². The molecular weight excluding hydrogens is 333 g/mol. The van der Waals surface area contributed by atoms with Crippen molar-refractivity contribution < 1.29 is 0 Å². The molecule has 0 bridgehead atoms. The Labute approximate surface area is 150 Å². The molecule has 3 N–H and O–H groups in total. The number of aryl methyl sites for hydroxylation is 2. The lowest BCUT2D eigenvalue weighted by Crippen LogP contribution is -2.19. The molecule has 1 heterocycles. The molecule has 0 amide bonds. The molecule has 0 unspecified atom stereocenters. The van der Waals surface area contributed by atoms with Gasteiger partial charge in [-0.15, -0.1) is 24.8 Å². The summed E-state index contributed by atoms with van der Waals surface area (Å²) in [6.45, 7) is 6.78. The van der Waals surface area contributed by atoms with Crippen molar-refractivity contribution in [3.8, 4) is 0 Å². The first-order valence-electron chi connectivity index (χ1n) is 7.60. The molecule has 0 fully saturated rings. The van der Waals surface area contributed by atoms with Crippen molar-refractivity contribution in [1.82, 2.24) is 15.6 Å². The Morgan fingerprint density at radius 2 is 1.74 bits per heavy atom. The highest BCUT2D eigenvalue weighted by Crippen LogP contribution is 2.16. The van der Waals surface area contributed by atoms with Crippen molar-refractivity contribution in [2.75, 3.05) is 20.1 Å². The van der Waals surface area contributed by atoms with E-state index >= 15 is 0 Å². The van der Waals surface area contributed by atoms with Gasteiger partial charge in [-0.05, 0) is 64.0 Å². The van der Waals surface area contributed by atoms with Crippen molar-refractivity contribution in [3.63, 3.8) is 0 Å². The van der Waals surface area contributed by atoms with Gasteiger partial charge in [-0.1, -0.05) is 6.07 Å². The highest BCUT2D eigenvalue weighted by atomic mass is 35.5. The highest BCUT2D eigenvalue weighted by molar-refractivity contribution is 5.85. The molecule has 130 valence electrons. The second kappa shape index (κ2) is 10.7. The molecule has 0 saturated carbocycles. The van der Waals surface area contributed by atoms with Crippen molar-refractivity contribution in [2.45, 2.75) is 33.2 Å². The molecule has 0 atom stereocenters. The van der Waals surface area contributed by atoms with Crippen molar-refractivity contribution in [3.05, 3.63) is 45.2 Å². The minimum atomic E-state index is 0. The first kappa shape index (κ1) is 21.9. The Bertz CT molecular complexity index is 671. The maximum atomic E-state index is 12.2. The van der Waals surface area contributed by atoms with E-state index in [-0.39, 0.29) is 30.2 Å². The van der Waals surface area contributed by atoms with E-state index in [9.17, 15) is 4.79 Å². The van der Waals surface area contributed by atoms with Gasteiger partial charge in [0.05, 0.1) is 5.52 Å². The van der Waals surface area contributed by atoms with Crippen molar-refractivity contribution in [1.29, 1.82) is 0 Å². The van der Waals surface area contributed by atoms with Gasteiger partial charge in [-0.25, -0.2) is 0 Å². The van der Waals surface area contributed by atoms with Crippen LogP contribution in [-0.4, -0.2) is 25.1 Å². The fourth-order valence-electron chi connectivity index (χ4n) is 2.63. The molecule has 0 aliphatic carbocycles. The smallest absolute Gasteiger partial charge is 0.189 e. The molecule has 0 spiro atoms. The number of hydrogen-bond donors (Lipinski definition) is 3. The second-order valence-corrected chi connectivity index (χ2v) is 5.65. The zero-order valence-electron chi connectivity index (χ0n) is 14.0. The monoisotopic (exact) mass is 359 g/mol. The fourth-order valence-corrected chi connectivity index (χ4v) is 2.63. The fraction of sp³-hybridized carbons (Fsp3) is 0.471. The third-order valence-electron chi connectivity index (χ3n) is 3.68. The van der Waals surface area contributed by atoms with Gasteiger partial charge in [0.15, 0.2) is 5.43 Å². The molecule has 2 aromatic rings. The van der Waals surface area contributed by atoms with Crippen LogP contribution in [0.5, 0.6) is 0 Å². The van der Waals surface area contributed by atoms with E-state index in [1.54, 1.807) is 6.07 Å². The van der Waals surface area contributed by atoms with E-state index in [1.165, 1.54) is 0 Å². The summed E-state index contributed by atoms with van der Waals surface area (Å²) in [5, 5.41) is 7.31. The number of rotatable bonds is 7. The SMILES string of the molecule is CNCCCCNCc1cc(=O)c2cc(C)cc(C)c2[nH]1.Cl.Cl. The summed E-state index contributed by atoms with van der Waals surface area (Å²) in [6, 6.07) is 5.77. The number of hydrogen-bond acceptors (Lipinski definition) is 3. The third-order valence-corrected chi connectivity index (χ3v) is 3.68. The number of halogens is 2. The van der Waals surface area contributed by atoms with Crippen LogP contribution in [0.2, 0.25) is 0 Å². The van der Waals surface area contributed by atoms with Crippen LogP contribution >= 0.6 is 24.8 Å². The van der Waals surface area contributed by atoms with Crippen LogP contribution in [0, 0.1) is 13.8 Å². The van der Waals surface area contributed by atoms with Gasteiger partial charge >= 0.3 is 0 Å². The molecular formula is C17H27Cl2N3O. The minimum Gasteiger partial charge on any atom is -0.357 e. The Hall–Kier alpha value is -1.07. The van der Waals surface area contributed by atoms with Gasteiger partial charge in [0.2, 0.25) is 0 Å². The molecule has 0 aliphatic rings. The minimum absolute atomic E-state index is 0. The van der Waals surface area contributed by atoms with E-state index < -0.39 is 0 Å². The number of nitrogens with one attached hydrogen (secondary N) is 3. The molecule has 1 aromatic heterocycles. The number of pyridine rings is 1. The molecule has 1 aromatic carbocycles. The summed E-state index contributed by atoms with van der Waals surface area (Å²) in [5.74, 6) is 0. The van der Waals surface area contributed by atoms with Gasteiger partial charge in [0.25, 0.3) is 0 Å². The molecule has 4 nitrogen and oxygen atoms in total. The summed E-state index contributed by atoms with van der Waals surface area (Å²) in [5.41, 5.74) is 4.26. The van der Waals surface area contributed by atoms with Crippen molar-refractivity contribution in [2.24, 2.45) is 0 Å². The summed E-state index contributed by atoms with van der Waals surface area (Å²) in [7, 11) is 1.97. The summed E-state index contributed by atoms with van der Waals surface area (Å²) >= 11 is 0. The number of fused-ring (bicyclic) bond motifs is 1. The lowest BCUT2D eigenvalue weighted by atomic mass is 10.1. The van der Waals surface area contributed by atoms with E-state index in [0.29, 0.717) is 6.54 Å². The quantitative estimate of drug-likeness (QED) is 0.665. The first-order chi connectivity index (χ1) is 10.1.